The number of rotatable bonds is 13. The summed E-state index contributed by atoms with van der Waals surface area (Å²) in [5.74, 6) is -2.47. The number of carbonyl (C=O) groups is 5. The fourth-order valence-electron chi connectivity index (χ4n) is 7.72. The van der Waals surface area contributed by atoms with Crippen molar-refractivity contribution in [1.82, 2.24) is 20.9 Å². The van der Waals surface area contributed by atoms with E-state index in [4.69, 9.17) is 16.4 Å². The van der Waals surface area contributed by atoms with Crippen molar-refractivity contribution in [1.29, 1.82) is 0 Å². The number of amides is 4. The van der Waals surface area contributed by atoms with Gasteiger partial charge in [-0.2, -0.15) is 0 Å². The van der Waals surface area contributed by atoms with E-state index < -0.39 is 58.7 Å². The van der Waals surface area contributed by atoms with E-state index in [2.05, 4.69) is 21.1 Å². The minimum Gasteiger partial charge on any atom is -0.387 e. The Balaban J connectivity index is 1.37. The summed E-state index contributed by atoms with van der Waals surface area (Å²) in [5, 5.41) is 13.5. The quantitative estimate of drug-likeness (QED) is 0.213. The van der Waals surface area contributed by atoms with Gasteiger partial charge in [-0.1, -0.05) is 113 Å². The molecule has 2 heterocycles. The average Bonchev–Trinajstić information content (AvgIpc) is 3.73. The number of carbonyl (C=O) groups excluding carboxylic acids is 5. The smallest absolute Gasteiger partial charge is 0.290 e. The standard InChI is InChI=1S/C41H54ClN5O6/c1-6-14-31(35(49)38(51)43-26(2)28-17-11-8-12-18-28)44-37(50)33-24-41(23-32(46-53-41)29-19-13-20-30(42)22-29)25-47(33)39(52)36(40(3,4)5)45-34(48)21-27-15-9-7-10-16-27/h8,11-13,17-20,22,26-27,31,33,36H,6-7,9-10,14-16,21,23-25H2,1-5H3,(H,43,51)(H,44,50)(H,45,48)/t26-,31+,33+,36-,41-/m1/s1. The fraction of sp³-hybridized carbons (Fsp3) is 0.561. The Kier molecular flexibility index (Phi) is 13.0. The Hall–Kier alpha value is -4.25. The van der Waals surface area contributed by atoms with E-state index in [0.717, 1.165) is 36.8 Å². The Morgan fingerprint density at radius 3 is 2.36 bits per heavy atom. The molecule has 2 aromatic rings. The van der Waals surface area contributed by atoms with Crippen LogP contribution >= 0.6 is 11.6 Å². The third-order valence-corrected chi connectivity index (χ3v) is 10.9. The Morgan fingerprint density at radius 1 is 0.981 bits per heavy atom. The van der Waals surface area contributed by atoms with E-state index in [0.29, 0.717) is 30.0 Å². The van der Waals surface area contributed by atoms with Crippen molar-refractivity contribution in [3.63, 3.8) is 0 Å². The Bertz CT molecular complexity index is 1690. The predicted molar refractivity (Wildman–Crippen MR) is 204 cm³/mol. The normalized spacial score (nSPS) is 22.0. The maximum Gasteiger partial charge on any atom is 0.290 e. The largest absolute Gasteiger partial charge is 0.387 e. The third kappa shape index (κ3) is 10.0. The summed E-state index contributed by atoms with van der Waals surface area (Å²) >= 11 is 6.27. The molecule has 1 spiro atoms. The molecule has 3 aliphatic rings. The van der Waals surface area contributed by atoms with Crippen molar-refractivity contribution in [2.24, 2.45) is 16.5 Å². The predicted octanol–water partition coefficient (Wildman–Crippen LogP) is 6.04. The van der Waals surface area contributed by atoms with Crippen LogP contribution in [0.15, 0.2) is 59.8 Å². The molecule has 0 radical (unpaired) electrons. The number of oxime groups is 1. The van der Waals surface area contributed by atoms with Crippen LogP contribution in [0.1, 0.15) is 116 Å². The van der Waals surface area contributed by atoms with Gasteiger partial charge in [0.2, 0.25) is 23.5 Å². The topological polar surface area (TPSA) is 146 Å². The van der Waals surface area contributed by atoms with Crippen molar-refractivity contribution in [3.8, 4) is 0 Å². The molecule has 2 aliphatic heterocycles. The lowest BCUT2D eigenvalue weighted by Gasteiger charge is -2.36. The zero-order chi connectivity index (χ0) is 38.3. The zero-order valence-electron chi connectivity index (χ0n) is 31.6. The summed E-state index contributed by atoms with van der Waals surface area (Å²) < 4.78 is 0. The number of halogens is 1. The molecule has 0 unspecified atom stereocenters. The van der Waals surface area contributed by atoms with Gasteiger partial charge in [-0.3, -0.25) is 24.0 Å². The molecule has 2 aromatic carbocycles. The summed E-state index contributed by atoms with van der Waals surface area (Å²) in [6.45, 7) is 9.33. The van der Waals surface area contributed by atoms with Crippen molar-refractivity contribution in [2.75, 3.05) is 6.54 Å². The molecule has 12 heteroatoms. The second-order valence-corrected chi connectivity index (χ2v) is 16.5. The lowest BCUT2D eigenvalue weighted by Crippen LogP contribution is -2.59. The highest BCUT2D eigenvalue weighted by molar-refractivity contribution is 6.38. The molecule has 4 amide bonds. The number of nitrogens with one attached hydrogen (secondary N) is 3. The highest BCUT2D eigenvalue weighted by Gasteiger charge is 2.55. The first-order valence-electron chi connectivity index (χ1n) is 19.0. The molecule has 286 valence electrons. The van der Waals surface area contributed by atoms with E-state index >= 15 is 0 Å². The number of nitrogens with zero attached hydrogens (tertiary/aromatic N) is 2. The van der Waals surface area contributed by atoms with Crippen LogP contribution in [0.2, 0.25) is 5.02 Å². The molecule has 0 aromatic heterocycles. The first kappa shape index (κ1) is 39.9. The van der Waals surface area contributed by atoms with Gasteiger partial charge in [0.25, 0.3) is 5.91 Å². The highest BCUT2D eigenvalue weighted by atomic mass is 35.5. The molecule has 1 saturated heterocycles. The third-order valence-electron chi connectivity index (χ3n) is 10.7. The minimum absolute atomic E-state index is 0.0318. The van der Waals surface area contributed by atoms with E-state index in [9.17, 15) is 24.0 Å². The molecule has 5 atom stereocenters. The Labute approximate surface area is 318 Å². The van der Waals surface area contributed by atoms with E-state index in [1.807, 2.05) is 70.2 Å². The number of likely N-dealkylation sites (tertiary alicyclic amines) is 1. The SMILES string of the molecule is CCC[C@H](NC(=O)[C@@H]1C[C@]2(CC(c3cccc(Cl)c3)=NO2)CN1C(=O)[C@@H](NC(=O)CC1CCCCC1)C(C)(C)C)C(=O)C(=O)N[C@H](C)c1ccccc1. The van der Waals surface area contributed by atoms with Crippen molar-refractivity contribution in [3.05, 3.63) is 70.7 Å². The number of Topliss-reactive ketones (excluding diaryl/α,β-unsaturated/α-hetero) is 1. The van der Waals surface area contributed by atoms with Crippen LogP contribution in [0.5, 0.6) is 0 Å². The van der Waals surface area contributed by atoms with Crippen LogP contribution in [-0.2, 0) is 28.8 Å². The summed E-state index contributed by atoms with van der Waals surface area (Å²) in [5.41, 5.74) is 0.523. The number of hydrogen-bond acceptors (Lipinski definition) is 7. The van der Waals surface area contributed by atoms with E-state index in [1.165, 1.54) is 11.3 Å². The summed E-state index contributed by atoms with van der Waals surface area (Å²) in [4.78, 5) is 76.7. The van der Waals surface area contributed by atoms with Crippen LogP contribution in [0.4, 0.5) is 0 Å². The fourth-order valence-corrected chi connectivity index (χ4v) is 7.91. The first-order valence-corrected chi connectivity index (χ1v) is 19.4. The van der Waals surface area contributed by atoms with E-state index in [-0.39, 0.29) is 31.2 Å². The van der Waals surface area contributed by atoms with Crippen molar-refractivity contribution < 1.29 is 28.8 Å². The van der Waals surface area contributed by atoms with Crippen LogP contribution in [-0.4, -0.2) is 70.3 Å². The molecular weight excluding hydrogens is 694 g/mol. The number of ketones is 1. The molecule has 5 rings (SSSR count). The molecule has 2 fully saturated rings. The molecule has 3 N–H and O–H groups in total. The van der Waals surface area contributed by atoms with Crippen LogP contribution in [0, 0.1) is 11.3 Å². The summed E-state index contributed by atoms with van der Waals surface area (Å²) in [7, 11) is 0. The van der Waals surface area contributed by atoms with Gasteiger partial charge in [-0.15, -0.1) is 0 Å². The van der Waals surface area contributed by atoms with Gasteiger partial charge in [-0.05, 0) is 55.2 Å². The van der Waals surface area contributed by atoms with Crippen LogP contribution < -0.4 is 16.0 Å². The van der Waals surface area contributed by atoms with Crippen molar-refractivity contribution in [2.45, 2.75) is 129 Å². The number of benzene rings is 2. The zero-order valence-corrected chi connectivity index (χ0v) is 32.3. The Morgan fingerprint density at radius 2 is 1.70 bits per heavy atom. The van der Waals surface area contributed by atoms with E-state index in [1.54, 1.807) is 19.1 Å². The minimum atomic E-state index is -1.11. The maximum atomic E-state index is 14.7. The van der Waals surface area contributed by atoms with Gasteiger partial charge in [0.15, 0.2) is 5.60 Å². The monoisotopic (exact) mass is 747 g/mol. The lowest BCUT2D eigenvalue weighted by atomic mass is 9.84. The van der Waals surface area contributed by atoms with Gasteiger partial charge in [0.1, 0.15) is 12.1 Å². The van der Waals surface area contributed by atoms with Crippen LogP contribution in [0.25, 0.3) is 0 Å². The van der Waals surface area contributed by atoms with Gasteiger partial charge >= 0.3 is 0 Å². The van der Waals surface area contributed by atoms with Gasteiger partial charge < -0.3 is 25.7 Å². The highest BCUT2D eigenvalue weighted by Crippen LogP contribution is 2.40. The second-order valence-electron chi connectivity index (χ2n) is 16.1. The molecule has 1 saturated carbocycles. The molecule has 11 nitrogen and oxygen atoms in total. The van der Waals surface area contributed by atoms with Gasteiger partial charge in [-0.25, -0.2) is 0 Å². The van der Waals surface area contributed by atoms with Crippen molar-refractivity contribution >= 4 is 46.7 Å². The average molecular weight is 748 g/mol. The van der Waals surface area contributed by atoms with Crippen LogP contribution in [0.3, 0.4) is 0 Å². The number of hydrogen-bond donors (Lipinski definition) is 3. The van der Waals surface area contributed by atoms with Gasteiger partial charge in [0, 0.05) is 29.8 Å². The lowest BCUT2D eigenvalue weighted by molar-refractivity contribution is -0.145. The summed E-state index contributed by atoms with van der Waals surface area (Å²) in [6, 6.07) is 13.0. The molecule has 1 aliphatic carbocycles. The summed E-state index contributed by atoms with van der Waals surface area (Å²) in [6.07, 6.45) is 6.85. The second kappa shape index (κ2) is 17.3. The van der Waals surface area contributed by atoms with Gasteiger partial charge in [0.05, 0.1) is 24.3 Å². The first-order chi connectivity index (χ1) is 25.2. The maximum absolute atomic E-state index is 14.7. The molecule has 0 bridgehead atoms. The molecule has 53 heavy (non-hydrogen) atoms. The molecular formula is C41H54ClN5O6.